The summed E-state index contributed by atoms with van der Waals surface area (Å²) >= 11 is 0. The Morgan fingerprint density at radius 3 is 2.58 bits per heavy atom. The highest BCUT2D eigenvalue weighted by molar-refractivity contribution is 6.13. The molecule has 1 aromatic carbocycles. The Labute approximate surface area is 184 Å². The van der Waals surface area contributed by atoms with Gasteiger partial charge in [-0.15, -0.1) is 0 Å². The molecule has 0 bridgehead atoms. The number of nitrogens with zero attached hydrogens (tertiary/aromatic N) is 2. The highest BCUT2D eigenvalue weighted by atomic mass is 16.5. The molecule has 0 saturated carbocycles. The highest BCUT2D eigenvalue weighted by Gasteiger charge is 2.26. The molecule has 0 saturated heterocycles. The van der Waals surface area contributed by atoms with Crippen molar-refractivity contribution in [1.29, 1.82) is 0 Å². The summed E-state index contributed by atoms with van der Waals surface area (Å²) in [5.74, 6) is -0.280. The van der Waals surface area contributed by atoms with Gasteiger partial charge in [0.25, 0.3) is 5.91 Å². The van der Waals surface area contributed by atoms with Crippen LogP contribution in [0.1, 0.15) is 49.0 Å². The van der Waals surface area contributed by atoms with Crippen LogP contribution >= 0.6 is 0 Å². The maximum atomic E-state index is 12.4. The lowest BCUT2D eigenvalue weighted by atomic mass is 10.1. The zero-order valence-corrected chi connectivity index (χ0v) is 18.3. The van der Waals surface area contributed by atoms with E-state index in [1.54, 1.807) is 36.4 Å². The van der Waals surface area contributed by atoms with Crippen molar-refractivity contribution in [2.75, 3.05) is 26.2 Å². The molecular weight excluding hydrogens is 390 g/mol. The van der Waals surface area contributed by atoms with Gasteiger partial charge in [-0.05, 0) is 74.8 Å². The van der Waals surface area contributed by atoms with Gasteiger partial charge in [0, 0.05) is 12.1 Å². The van der Waals surface area contributed by atoms with E-state index < -0.39 is 5.91 Å². The molecule has 31 heavy (non-hydrogen) atoms. The third kappa shape index (κ3) is 6.49. The standard InChI is InChI=1S/C25H31N3O3/c1-3-15-28(16-4-2)17-7-14-26-24(29)20-12-10-19(11-13-20)18-23-25(30)27-21-8-5-6-9-22(21)31-23/h5-6,8-13,18,22H,3-4,7,14-17H2,1-2H3,(H,26,29)/b23-18-. The summed E-state index contributed by atoms with van der Waals surface area (Å²) < 4.78 is 5.76. The molecule has 3 rings (SSSR count). The topological polar surface area (TPSA) is 71.0 Å². The fraction of sp³-hybridized carbons (Fsp3) is 0.400. The van der Waals surface area contributed by atoms with Gasteiger partial charge < -0.3 is 15.0 Å². The summed E-state index contributed by atoms with van der Waals surface area (Å²) in [4.78, 5) is 31.1. The largest absolute Gasteiger partial charge is 0.474 e. The fourth-order valence-corrected chi connectivity index (χ4v) is 3.63. The smallest absolute Gasteiger partial charge is 0.312 e. The highest BCUT2D eigenvalue weighted by Crippen LogP contribution is 2.20. The average Bonchev–Trinajstić information content (AvgIpc) is 2.78. The fourth-order valence-electron chi connectivity index (χ4n) is 3.63. The predicted molar refractivity (Wildman–Crippen MR) is 124 cm³/mol. The van der Waals surface area contributed by atoms with E-state index in [1.165, 1.54) is 0 Å². The van der Waals surface area contributed by atoms with Gasteiger partial charge in [-0.25, -0.2) is 4.99 Å². The van der Waals surface area contributed by atoms with E-state index in [0.717, 1.165) is 44.5 Å². The van der Waals surface area contributed by atoms with Crippen molar-refractivity contribution in [3.8, 4) is 0 Å². The second-order valence-corrected chi connectivity index (χ2v) is 7.71. The number of benzene rings is 1. The van der Waals surface area contributed by atoms with Gasteiger partial charge in [0.15, 0.2) is 11.9 Å². The van der Waals surface area contributed by atoms with E-state index in [0.29, 0.717) is 17.8 Å². The molecule has 1 aliphatic heterocycles. The van der Waals surface area contributed by atoms with Crippen LogP contribution in [0.4, 0.5) is 0 Å². The van der Waals surface area contributed by atoms with E-state index >= 15 is 0 Å². The van der Waals surface area contributed by atoms with E-state index in [-0.39, 0.29) is 17.8 Å². The summed E-state index contributed by atoms with van der Waals surface area (Å²) in [6, 6.07) is 7.12. The molecule has 2 aliphatic rings. The Hall–Kier alpha value is -2.99. The first-order chi connectivity index (χ1) is 15.1. The molecule has 6 heteroatoms. The van der Waals surface area contributed by atoms with Gasteiger partial charge in [-0.2, -0.15) is 0 Å². The minimum atomic E-state index is -0.395. The molecule has 1 aromatic rings. The lowest BCUT2D eigenvalue weighted by molar-refractivity contribution is -0.118. The number of carbonyl (C=O) groups is 2. The molecule has 1 heterocycles. The lowest BCUT2D eigenvalue weighted by Gasteiger charge is -2.22. The van der Waals surface area contributed by atoms with Gasteiger partial charge in [-0.3, -0.25) is 9.59 Å². The van der Waals surface area contributed by atoms with Crippen LogP contribution in [0.2, 0.25) is 0 Å². The summed E-state index contributed by atoms with van der Waals surface area (Å²) in [6.45, 7) is 8.24. The number of amides is 2. The third-order valence-corrected chi connectivity index (χ3v) is 5.14. The SMILES string of the molecule is CCCN(CCC)CCCNC(=O)c1ccc(/C=C2\OC3C=CC=CC3=NC2=O)cc1. The molecule has 1 N–H and O–H groups in total. The van der Waals surface area contributed by atoms with E-state index in [4.69, 9.17) is 4.74 Å². The first kappa shape index (κ1) is 22.7. The van der Waals surface area contributed by atoms with Crippen LogP contribution < -0.4 is 5.32 Å². The Bertz CT molecular complexity index is 891. The Morgan fingerprint density at radius 1 is 1.13 bits per heavy atom. The van der Waals surface area contributed by atoms with E-state index in [2.05, 4.69) is 29.1 Å². The van der Waals surface area contributed by atoms with Crippen LogP contribution in [0.3, 0.4) is 0 Å². The maximum Gasteiger partial charge on any atom is 0.312 e. The zero-order chi connectivity index (χ0) is 22.1. The minimum absolute atomic E-state index is 0.0879. The van der Waals surface area contributed by atoms with E-state index in [9.17, 15) is 9.59 Å². The minimum Gasteiger partial charge on any atom is -0.474 e. The van der Waals surface area contributed by atoms with Crippen LogP contribution in [0, 0.1) is 0 Å². The van der Waals surface area contributed by atoms with Gasteiger partial charge in [0.1, 0.15) is 0 Å². The number of hydrogen-bond acceptors (Lipinski definition) is 4. The summed E-state index contributed by atoms with van der Waals surface area (Å²) in [5.41, 5.74) is 1.99. The quantitative estimate of drug-likeness (QED) is 0.461. The number of nitrogens with one attached hydrogen (secondary N) is 1. The molecule has 0 radical (unpaired) electrons. The molecule has 0 fully saturated rings. The molecule has 1 atom stereocenters. The normalized spacial score (nSPS) is 18.7. The van der Waals surface area contributed by atoms with E-state index in [1.807, 2.05) is 18.2 Å². The van der Waals surface area contributed by atoms with Crippen molar-refractivity contribution in [3.63, 3.8) is 0 Å². The van der Waals surface area contributed by atoms with Crippen LogP contribution in [0.25, 0.3) is 6.08 Å². The Morgan fingerprint density at radius 2 is 1.87 bits per heavy atom. The second kappa shape index (κ2) is 11.4. The molecule has 1 unspecified atom stereocenters. The summed E-state index contributed by atoms with van der Waals surface area (Å²) in [6.07, 6.45) is 11.9. The number of hydrogen-bond donors (Lipinski definition) is 1. The third-order valence-electron chi connectivity index (χ3n) is 5.14. The van der Waals surface area contributed by atoms with Crippen molar-refractivity contribution >= 4 is 23.6 Å². The molecule has 164 valence electrons. The predicted octanol–water partition coefficient (Wildman–Crippen LogP) is 3.76. The Kier molecular flexibility index (Phi) is 8.35. The first-order valence-corrected chi connectivity index (χ1v) is 11.1. The number of allylic oxidation sites excluding steroid dienone is 2. The molecule has 6 nitrogen and oxygen atoms in total. The van der Waals surface area contributed by atoms with Gasteiger partial charge >= 0.3 is 5.91 Å². The van der Waals surface area contributed by atoms with Gasteiger partial charge in [-0.1, -0.05) is 38.1 Å². The second-order valence-electron chi connectivity index (χ2n) is 7.71. The van der Waals surface area contributed by atoms with Crippen LogP contribution in [-0.2, 0) is 9.53 Å². The molecule has 0 aromatic heterocycles. The zero-order valence-electron chi connectivity index (χ0n) is 18.3. The molecular formula is C25H31N3O3. The van der Waals surface area contributed by atoms with Crippen LogP contribution in [0.5, 0.6) is 0 Å². The molecule has 0 spiro atoms. The molecule has 1 aliphatic carbocycles. The van der Waals surface area contributed by atoms with Crippen molar-refractivity contribution < 1.29 is 14.3 Å². The van der Waals surface area contributed by atoms with Gasteiger partial charge in [0.05, 0.1) is 5.71 Å². The average molecular weight is 422 g/mol. The Balaban J connectivity index is 1.52. The van der Waals surface area contributed by atoms with Crippen molar-refractivity contribution in [3.05, 3.63) is 65.5 Å². The first-order valence-electron chi connectivity index (χ1n) is 11.1. The van der Waals surface area contributed by atoms with Crippen molar-refractivity contribution in [2.45, 2.75) is 39.2 Å². The number of carbonyl (C=O) groups excluding carboxylic acids is 2. The maximum absolute atomic E-state index is 12.4. The van der Waals surface area contributed by atoms with Crippen LogP contribution in [0.15, 0.2) is 59.3 Å². The summed E-state index contributed by atoms with van der Waals surface area (Å²) in [7, 11) is 0. The lowest BCUT2D eigenvalue weighted by Crippen LogP contribution is -2.31. The van der Waals surface area contributed by atoms with Crippen molar-refractivity contribution in [1.82, 2.24) is 10.2 Å². The van der Waals surface area contributed by atoms with Crippen molar-refractivity contribution in [2.24, 2.45) is 4.99 Å². The molecule has 2 amide bonds. The van der Waals surface area contributed by atoms with Gasteiger partial charge in [0.2, 0.25) is 0 Å². The monoisotopic (exact) mass is 421 g/mol. The summed E-state index contributed by atoms with van der Waals surface area (Å²) in [5, 5.41) is 2.99. The number of aliphatic imine (C=N–C) groups is 1. The van der Waals surface area contributed by atoms with Crippen LogP contribution in [-0.4, -0.2) is 54.7 Å². The number of fused-ring (bicyclic) bond motifs is 1. The number of rotatable bonds is 10. The number of ether oxygens (including phenoxy) is 1.